The monoisotopic (exact) mass is 372 g/mol. The molecule has 0 radical (unpaired) electrons. The Morgan fingerprint density at radius 2 is 1.56 bits per heavy atom. The molecule has 0 aliphatic carbocycles. The van der Waals surface area contributed by atoms with Crippen molar-refractivity contribution in [3.63, 3.8) is 0 Å². The van der Waals surface area contributed by atoms with Crippen LogP contribution in [0.4, 0.5) is 0 Å². The summed E-state index contributed by atoms with van der Waals surface area (Å²) in [5.41, 5.74) is 0.596. The topological polar surface area (TPSA) is 65.0 Å². The summed E-state index contributed by atoms with van der Waals surface area (Å²) in [6.45, 7) is 2.79. The summed E-state index contributed by atoms with van der Waals surface area (Å²) in [4.78, 5) is 12.2. The van der Waals surface area contributed by atoms with Crippen molar-refractivity contribution in [3.8, 4) is 0 Å². The molecule has 5 heteroatoms. The van der Waals surface area contributed by atoms with Crippen LogP contribution >= 0.6 is 0 Å². The molecule has 1 N–H and O–H groups in total. The van der Waals surface area contributed by atoms with E-state index in [0.717, 1.165) is 11.1 Å². The Labute approximate surface area is 160 Å². The molecule has 0 amide bonds. The van der Waals surface area contributed by atoms with Gasteiger partial charge in [-0.15, -0.1) is 0 Å². The lowest BCUT2D eigenvalue weighted by molar-refractivity contribution is -0.186. The molecular weight excluding hydrogens is 344 g/mol. The minimum atomic E-state index is -1.43. The van der Waals surface area contributed by atoms with Crippen LogP contribution in [0.2, 0.25) is 0 Å². The van der Waals surface area contributed by atoms with E-state index in [2.05, 4.69) is 0 Å². The Morgan fingerprint density at radius 1 is 1.00 bits per heavy atom. The molecule has 0 aliphatic heterocycles. The van der Waals surface area contributed by atoms with Gasteiger partial charge in [0, 0.05) is 6.61 Å². The van der Waals surface area contributed by atoms with Crippen LogP contribution in [0.1, 0.15) is 30.9 Å². The van der Waals surface area contributed by atoms with Crippen molar-refractivity contribution in [3.05, 3.63) is 71.8 Å². The van der Waals surface area contributed by atoms with E-state index in [1.165, 1.54) is 7.11 Å². The summed E-state index contributed by atoms with van der Waals surface area (Å²) in [5, 5.41) is 10.6. The minimum Gasteiger partial charge on any atom is -0.467 e. The highest BCUT2D eigenvalue weighted by molar-refractivity contribution is 5.79. The summed E-state index contributed by atoms with van der Waals surface area (Å²) in [6, 6.07) is 19.4. The number of methoxy groups -OCH3 is 1. The van der Waals surface area contributed by atoms with Gasteiger partial charge in [0.25, 0.3) is 0 Å². The molecule has 0 bridgehead atoms. The summed E-state index contributed by atoms with van der Waals surface area (Å²) in [5.74, 6) is -0.587. The Morgan fingerprint density at radius 3 is 2.11 bits per heavy atom. The van der Waals surface area contributed by atoms with Crippen LogP contribution in [0.3, 0.4) is 0 Å². The van der Waals surface area contributed by atoms with Crippen molar-refractivity contribution in [2.75, 3.05) is 13.7 Å². The molecule has 2 rings (SSSR count). The standard InChI is InChI=1S/C22H28O5/c1-22(21(24)25-2,27-17-19-12-7-4-8-13-19)20(23)14-9-15-26-16-18-10-5-3-6-11-18/h3-8,10-13,20,23H,9,14-17H2,1-2H3/t20-,22-/m1/s1. The number of carbonyl (C=O) groups is 1. The van der Waals surface area contributed by atoms with E-state index in [9.17, 15) is 9.90 Å². The van der Waals surface area contributed by atoms with Crippen LogP contribution in [0.5, 0.6) is 0 Å². The van der Waals surface area contributed by atoms with Gasteiger partial charge in [-0.2, -0.15) is 0 Å². The molecule has 0 aromatic heterocycles. The van der Waals surface area contributed by atoms with Crippen molar-refractivity contribution in [2.45, 2.75) is 44.7 Å². The lowest BCUT2D eigenvalue weighted by Gasteiger charge is -2.32. The summed E-state index contributed by atoms with van der Waals surface area (Å²) >= 11 is 0. The van der Waals surface area contributed by atoms with Gasteiger partial charge in [-0.05, 0) is 30.9 Å². The number of benzene rings is 2. The number of rotatable bonds is 11. The fraction of sp³-hybridized carbons (Fsp3) is 0.409. The highest BCUT2D eigenvalue weighted by Crippen LogP contribution is 2.23. The van der Waals surface area contributed by atoms with Gasteiger partial charge in [0.05, 0.1) is 26.4 Å². The normalized spacial score (nSPS) is 14.3. The van der Waals surface area contributed by atoms with Gasteiger partial charge >= 0.3 is 5.97 Å². The zero-order valence-electron chi connectivity index (χ0n) is 16.0. The van der Waals surface area contributed by atoms with Crippen LogP contribution in [0.15, 0.2) is 60.7 Å². The van der Waals surface area contributed by atoms with Crippen LogP contribution in [-0.2, 0) is 32.2 Å². The number of hydrogen-bond acceptors (Lipinski definition) is 5. The lowest BCUT2D eigenvalue weighted by atomic mass is 9.95. The van der Waals surface area contributed by atoms with Gasteiger partial charge in [-0.25, -0.2) is 4.79 Å². The Bertz CT molecular complexity index is 674. The van der Waals surface area contributed by atoms with Gasteiger partial charge in [0.1, 0.15) is 0 Å². The number of carbonyl (C=O) groups excluding carboxylic acids is 1. The van der Waals surface area contributed by atoms with Crippen LogP contribution < -0.4 is 0 Å². The smallest absolute Gasteiger partial charge is 0.340 e. The molecule has 146 valence electrons. The molecule has 0 spiro atoms. The molecule has 2 atom stereocenters. The lowest BCUT2D eigenvalue weighted by Crippen LogP contribution is -2.50. The van der Waals surface area contributed by atoms with Crippen molar-refractivity contribution >= 4 is 5.97 Å². The molecule has 2 aromatic rings. The summed E-state index contributed by atoms with van der Waals surface area (Å²) in [7, 11) is 1.29. The fourth-order valence-corrected chi connectivity index (χ4v) is 2.72. The third kappa shape index (κ3) is 6.47. The first kappa shape index (κ1) is 21.1. The Balaban J connectivity index is 1.82. The van der Waals surface area contributed by atoms with Crippen LogP contribution in [0, 0.1) is 0 Å². The quantitative estimate of drug-likeness (QED) is 0.483. The maximum Gasteiger partial charge on any atom is 0.340 e. The second kappa shape index (κ2) is 10.8. The summed E-state index contributed by atoms with van der Waals surface area (Å²) in [6.07, 6.45) is -0.0150. The number of aliphatic hydroxyl groups excluding tert-OH is 1. The highest BCUT2D eigenvalue weighted by Gasteiger charge is 2.42. The largest absolute Gasteiger partial charge is 0.467 e. The van der Waals surface area contributed by atoms with Gasteiger partial charge in [0.2, 0.25) is 0 Å². The van der Waals surface area contributed by atoms with Gasteiger partial charge in [0.15, 0.2) is 5.60 Å². The highest BCUT2D eigenvalue weighted by atomic mass is 16.6. The van der Waals surface area contributed by atoms with Gasteiger partial charge in [-0.1, -0.05) is 60.7 Å². The first-order valence-corrected chi connectivity index (χ1v) is 9.12. The van der Waals surface area contributed by atoms with Crippen molar-refractivity contribution in [1.29, 1.82) is 0 Å². The molecule has 27 heavy (non-hydrogen) atoms. The second-order valence-corrected chi connectivity index (χ2v) is 6.57. The number of aliphatic hydroxyl groups is 1. The molecule has 5 nitrogen and oxygen atoms in total. The third-order valence-electron chi connectivity index (χ3n) is 4.49. The average Bonchev–Trinajstić information content (AvgIpc) is 2.72. The van der Waals surface area contributed by atoms with E-state index in [4.69, 9.17) is 14.2 Å². The van der Waals surface area contributed by atoms with E-state index < -0.39 is 17.7 Å². The average molecular weight is 372 g/mol. The minimum absolute atomic E-state index is 0.216. The second-order valence-electron chi connectivity index (χ2n) is 6.57. The van der Waals surface area contributed by atoms with Gasteiger partial charge < -0.3 is 19.3 Å². The van der Waals surface area contributed by atoms with E-state index in [1.54, 1.807) is 6.92 Å². The van der Waals surface area contributed by atoms with Crippen molar-refractivity contribution in [2.24, 2.45) is 0 Å². The maximum absolute atomic E-state index is 12.2. The van der Waals surface area contributed by atoms with E-state index in [-0.39, 0.29) is 6.61 Å². The van der Waals surface area contributed by atoms with Crippen LogP contribution in [-0.4, -0.2) is 36.5 Å². The van der Waals surface area contributed by atoms with Gasteiger partial charge in [-0.3, -0.25) is 0 Å². The van der Waals surface area contributed by atoms with Crippen molar-refractivity contribution < 1.29 is 24.1 Å². The predicted octanol–water partition coefficient (Wildman–Crippen LogP) is 3.49. The number of esters is 1. The Kier molecular flexibility index (Phi) is 8.45. The molecule has 2 aromatic carbocycles. The zero-order valence-corrected chi connectivity index (χ0v) is 16.0. The van der Waals surface area contributed by atoms with Crippen molar-refractivity contribution in [1.82, 2.24) is 0 Å². The first-order valence-electron chi connectivity index (χ1n) is 9.12. The van der Waals surface area contributed by atoms with E-state index >= 15 is 0 Å². The molecule has 0 unspecified atom stereocenters. The summed E-state index contributed by atoms with van der Waals surface area (Å²) < 4.78 is 16.3. The predicted molar refractivity (Wildman–Crippen MR) is 103 cm³/mol. The van der Waals surface area contributed by atoms with Crippen LogP contribution in [0.25, 0.3) is 0 Å². The molecular formula is C22H28O5. The third-order valence-corrected chi connectivity index (χ3v) is 4.49. The maximum atomic E-state index is 12.2. The van der Waals surface area contributed by atoms with E-state index in [0.29, 0.717) is 26.1 Å². The first-order chi connectivity index (χ1) is 13.1. The van der Waals surface area contributed by atoms with E-state index in [1.807, 2.05) is 60.7 Å². The molecule has 0 aliphatic rings. The molecule has 0 heterocycles. The zero-order chi connectivity index (χ0) is 19.5. The SMILES string of the molecule is COC(=O)[C@](C)(OCc1ccccc1)[C@H](O)CCCOCc1ccccc1. The molecule has 0 saturated carbocycles. The Hall–Kier alpha value is -2.21. The number of hydrogen-bond donors (Lipinski definition) is 1. The number of ether oxygens (including phenoxy) is 3. The molecule has 0 saturated heterocycles. The molecule has 0 fully saturated rings. The fourth-order valence-electron chi connectivity index (χ4n) is 2.72.